The fourth-order valence-corrected chi connectivity index (χ4v) is 4.82. The molecule has 0 aliphatic carbocycles. The summed E-state index contributed by atoms with van der Waals surface area (Å²) in [4.78, 5) is 32.4. The monoisotopic (exact) mass is 488 g/mol. The smallest absolute Gasteiger partial charge is 0.259 e. The molecule has 9 heteroatoms. The average Bonchev–Trinajstić information content (AvgIpc) is 3.37. The highest BCUT2D eigenvalue weighted by molar-refractivity contribution is 8.00. The van der Waals surface area contributed by atoms with E-state index in [1.165, 1.54) is 17.4 Å². The highest BCUT2D eigenvalue weighted by atomic mass is 32.2. The van der Waals surface area contributed by atoms with Crippen LogP contribution < -0.4 is 15.6 Å². The van der Waals surface area contributed by atoms with Gasteiger partial charge in [-0.2, -0.15) is 5.26 Å². The summed E-state index contributed by atoms with van der Waals surface area (Å²) in [6, 6.07) is 20.7. The predicted molar refractivity (Wildman–Crippen MR) is 134 cm³/mol. The molecule has 34 heavy (non-hydrogen) atoms. The normalized spacial score (nSPS) is 10.5. The Morgan fingerprint density at radius 3 is 2.79 bits per heavy atom. The third kappa shape index (κ3) is 5.54. The topological polar surface area (TPSA) is 108 Å². The Labute approximate surface area is 204 Å². The number of hydrogen-bond donors (Lipinski definition) is 2. The molecular formula is C25H20N4O3S2. The van der Waals surface area contributed by atoms with Crippen molar-refractivity contribution in [2.24, 2.45) is 0 Å². The van der Waals surface area contributed by atoms with Gasteiger partial charge in [-0.25, -0.2) is 4.98 Å². The number of aromatic nitrogens is 2. The van der Waals surface area contributed by atoms with Gasteiger partial charge in [0.2, 0.25) is 5.91 Å². The first-order valence-corrected chi connectivity index (χ1v) is 12.1. The van der Waals surface area contributed by atoms with E-state index < -0.39 is 0 Å². The molecule has 4 aromatic rings. The lowest BCUT2D eigenvalue weighted by molar-refractivity contribution is -0.118. The van der Waals surface area contributed by atoms with Crippen LogP contribution in [0.15, 0.2) is 75.9 Å². The second-order valence-electron chi connectivity index (χ2n) is 7.19. The number of nitrogens with zero attached hydrogens (tertiary/aromatic N) is 2. The number of thiazole rings is 1. The zero-order chi connectivity index (χ0) is 23.9. The van der Waals surface area contributed by atoms with Crippen LogP contribution in [0.5, 0.6) is 5.75 Å². The van der Waals surface area contributed by atoms with Gasteiger partial charge in [0.15, 0.2) is 0 Å². The average molecular weight is 489 g/mol. The first-order chi connectivity index (χ1) is 16.6. The van der Waals surface area contributed by atoms with Gasteiger partial charge in [-0.15, -0.1) is 11.3 Å². The number of pyridine rings is 1. The summed E-state index contributed by atoms with van der Waals surface area (Å²) in [7, 11) is 1.59. The van der Waals surface area contributed by atoms with E-state index in [2.05, 4.69) is 21.4 Å². The summed E-state index contributed by atoms with van der Waals surface area (Å²) in [6.45, 7) is 0.352. The lowest BCUT2D eigenvalue weighted by Crippen LogP contribution is -2.24. The molecule has 0 saturated carbocycles. The van der Waals surface area contributed by atoms with Gasteiger partial charge in [0.05, 0.1) is 34.7 Å². The van der Waals surface area contributed by atoms with Gasteiger partial charge in [-0.1, -0.05) is 54.2 Å². The number of benzene rings is 2. The van der Waals surface area contributed by atoms with E-state index in [0.29, 0.717) is 27.9 Å². The van der Waals surface area contributed by atoms with Crippen LogP contribution in [0.3, 0.4) is 0 Å². The van der Waals surface area contributed by atoms with E-state index in [1.54, 1.807) is 7.11 Å². The molecule has 170 valence electrons. The van der Waals surface area contributed by atoms with Crippen molar-refractivity contribution in [1.82, 2.24) is 15.3 Å². The molecule has 0 aliphatic heterocycles. The summed E-state index contributed by atoms with van der Waals surface area (Å²) in [6.07, 6.45) is 0. The highest BCUT2D eigenvalue weighted by Gasteiger charge is 2.15. The fraction of sp³-hybridized carbons (Fsp3) is 0.120. The highest BCUT2D eigenvalue weighted by Crippen LogP contribution is 2.29. The van der Waals surface area contributed by atoms with E-state index >= 15 is 0 Å². The van der Waals surface area contributed by atoms with Crippen LogP contribution in [0.4, 0.5) is 0 Å². The van der Waals surface area contributed by atoms with Crippen molar-refractivity contribution < 1.29 is 9.53 Å². The number of nitrogens with one attached hydrogen (secondary N) is 2. The second kappa shape index (κ2) is 10.8. The van der Waals surface area contributed by atoms with Crippen LogP contribution in [0.1, 0.15) is 11.1 Å². The Hall–Kier alpha value is -3.87. The number of ether oxygens (including phenoxy) is 1. The van der Waals surface area contributed by atoms with Gasteiger partial charge in [0.1, 0.15) is 16.8 Å². The van der Waals surface area contributed by atoms with E-state index in [4.69, 9.17) is 4.74 Å². The zero-order valence-corrected chi connectivity index (χ0v) is 19.8. The molecule has 0 spiro atoms. The maximum absolute atomic E-state index is 12.7. The quantitative estimate of drug-likeness (QED) is 0.355. The fourth-order valence-electron chi connectivity index (χ4n) is 3.18. The molecule has 0 saturated heterocycles. The van der Waals surface area contributed by atoms with Crippen molar-refractivity contribution in [1.29, 1.82) is 5.26 Å². The minimum absolute atomic E-state index is 0.0589. The molecule has 0 bridgehead atoms. The van der Waals surface area contributed by atoms with Gasteiger partial charge < -0.3 is 15.0 Å². The molecule has 2 aromatic heterocycles. The lowest BCUT2D eigenvalue weighted by Gasteiger charge is -2.08. The molecule has 0 aliphatic rings. The van der Waals surface area contributed by atoms with Gasteiger partial charge in [0.25, 0.3) is 5.56 Å². The van der Waals surface area contributed by atoms with Crippen LogP contribution in [0.2, 0.25) is 0 Å². The molecule has 0 atom stereocenters. The van der Waals surface area contributed by atoms with Crippen molar-refractivity contribution in [3.8, 4) is 33.6 Å². The Kier molecular flexibility index (Phi) is 7.42. The van der Waals surface area contributed by atoms with Crippen LogP contribution in [0.25, 0.3) is 21.8 Å². The van der Waals surface area contributed by atoms with Crippen LogP contribution in [0, 0.1) is 11.3 Å². The molecule has 0 radical (unpaired) electrons. The predicted octanol–water partition coefficient (Wildman–Crippen LogP) is 4.45. The summed E-state index contributed by atoms with van der Waals surface area (Å²) in [5.41, 5.74) is 2.89. The van der Waals surface area contributed by atoms with Crippen LogP contribution in [-0.2, 0) is 11.3 Å². The number of rotatable bonds is 8. The SMILES string of the molecule is COc1cccc(CNC(=O)CSc2[nH]c(=O)c(-c3nc(-c4ccccc4)cs3)cc2C#N)c1. The lowest BCUT2D eigenvalue weighted by atomic mass is 10.2. The summed E-state index contributed by atoms with van der Waals surface area (Å²) >= 11 is 2.45. The molecule has 7 nitrogen and oxygen atoms in total. The third-order valence-electron chi connectivity index (χ3n) is 4.90. The van der Waals surface area contributed by atoms with Crippen molar-refractivity contribution in [2.75, 3.05) is 12.9 Å². The molecular weight excluding hydrogens is 468 g/mol. The number of thioether (sulfide) groups is 1. The number of carbonyl (C=O) groups excluding carboxylic acids is 1. The molecule has 2 heterocycles. The van der Waals surface area contributed by atoms with Crippen molar-refractivity contribution in [2.45, 2.75) is 11.6 Å². The van der Waals surface area contributed by atoms with Crippen molar-refractivity contribution >= 4 is 29.0 Å². The van der Waals surface area contributed by atoms with Gasteiger partial charge >= 0.3 is 0 Å². The van der Waals surface area contributed by atoms with E-state index in [1.807, 2.05) is 60.0 Å². The Bertz CT molecular complexity index is 1410. The Balaban J connectivity index is 1.44. The number of H-pyrrole nitrogens is 1. The first-order valence-electron chi connectivity index (χ1n) is 10.3. The number of nitriles is 1. The number of hydrogen-bond acceptors (Lipinski definition) is 7. The minimum Gasteiger partial charge on any atom is -0.497 e. The number of aromatic amines is 1. The van der Waals surface area contributed by atoms with Crippen LogP contribution in [-0.4, -0.2) is 28.7 Å². The maximum Gasteiger partial charge on any atom is 0.259 e. The molecule has 4 rings (SSSR count). The van der Waals surface area contributed by atoms with Crippen molar-refractivity contribution in [3.63, 3.8) is 0 Å². The standard InChI is InChI=1S/C25H20N4O3S2/c1-32-19-9-5-6-16(10-19)13-27-22(30)15-34-24-18(12-26)11-20(23(31)29-24)25-28-21(14-33-25)17-7-3-2-4-8-17/h2-11,14H,13,15H2,1H3,(H,27,30)(H,29,31). The Morgan fingerprint density at radius 1 is 1.21 bits per heavy atom. The van der Waals surface area contributed by atoms with Gasteiger partial charge in [-0.3, -0.25) is 9.59 Å². The molecule has 2 N–H and O–H groups in total. The summed E-state index contributed by atoms with van der Waals surface area (Å²) < 4.78 is 5.18. The van der Waals surface area contributed by atoms with E-state index in [-0.39, 0.29) is 22.8 Å². The van der Waals surface area contributed by atoms with Crippen LogP contribution >= 0.6 is 23.1 Å². The van der Waals surface area contributed by atoms with E-state index in [0.717, 1.165) is 28.6 Å². The number of amides is 1. The second-order valence-corrected chi connectivity index (χ2v) is 9.03. The van der Waals surface area contributed by atoms with Gasteiger partial charge in [-0.05, 0) is 23.8 Å². The molecule has 0 unspecified atom stereocenters. The number of carbonyl (C=O) groups is 1. The number of methoxy groups -OCH3 is 1. The largest absolute Gasteiger partial charge is 0.497 e. The minimum atomic E-state index is -0.354. The molecule has 2 aromatic carbocycles. The Morgan fingerprint density at radius 2 is 2.03 bits per heavy atom. The zero-order valence-electron chi connectivity index (χ0n) is 18.2. The first kappa shape index (κ1) is 23.3. The van der Waals surface area contributed by atoms with Gasteiger partial charge in [0, 0.05) is 17.5 Å². The molecule has 0 fully saturated rings. The summed E-state index contributed by atoms with van der Waals surface area (Å²) in [5.74, 6) is 0.561. The molecule has 1 amide bonds. The summed E-state index contributed by atoms with van der Waals surface area (Å²) in [5, 5.41) is 15.2. The van der Waals surface area contributed by atoms with E-state index in [9.17, 15) is 14.9 Å². The third-order valence-corrected chi connectivity index (χ3v) is 6.79. The maximum atomic E-state index is 12.7. The van der Waals surface area contributed by atoms with Crippen molar-refractivity contribution in [3.05, 3.63) is 87.5 Å².